The lowest BCUT2D eigenvalue weighted by atomic mass is 9.96. The van der Waals surface area contributed by atoms with Gasteiger partial charge in [-0.2, -0.15) is 0 Å². The molecule has 1 aliphatic heterocycles. The van der Waals surface area contributed by atoms with Crippen LogP contribution in [-0.4, -0.2) is 47.9 Å². The van der Waals surface area contributed by atoms with Crippen molar-refractivity contribution in [3.63, 3.8) is 0 Å². The summed E-state index contributed by atoms with van der Waals surface area (Å²) < 4.78 is 0. The van der Waals surface area contributed by atoms with E-state index in [1.165, 1.54) is 6.42 Å². The Hall–Kier alpha value is -2.11. The van der Waals surface area contributed by atoms with Crippen molar-refractivity contribution in [2.75, 3.05) is 31.5 Å². The largest absolute Gasteiger partial charge is 0.368 e. The summed E-state index contributed by atoms with van der Waals surface area (Å²) in [5, 5.41) is 6.05. The van der Waals surface area contributed by atoms with Crippen molar-refractivity contribution >= 4 is 17.6 Å². The predicted octanol–water partition coefficient (Wildman–Crippen LogP) is 2.28. The van der Waals surface area contributed by atoms with E-state index < -0.39 is 5.41 Å². The fraction of sp³-hybridized carbons (Fsp3) is 0.611. The van der Waals surface area contributed by atoms with Gasteiger partial charge in [-0.3, -0.25) is 9.59 Å². The molecule has 24 heavy (non-hydrogen) atoms. The minimum absolute atomic E-state index is 0.00920. The summed E-state index contributed by atoms with van der Waals surface area (Å²) in [7, 11) is 0. The van der Waals surface area contributed by atoms with Gasteiger partial charge in [-0.1, -0.05) is 20.8 Å². The molecule has 0 aliphatic carbocycles. The molecule has 1 aromatic heterocycles. The maximum absolute atomic E-state index is 12.7. The highest BCUT2D eigenvalue weighted by Gasteiger charge is 2.22. The molecule has 1 saturated heterocycles. The molecule has 0 spiro atoms. The SMILES string of the molecule is CC(C)(C)C(=O)NCCNc1ncccc1C(=O)N1CCCCC1. The number of piperidine rings is 1. The number of carbonyl (C=O) groups is 2. The van der Waals surface area contributed by atoms with Gasteiger partial charge < -0.3 is 15.5 Å². The Morgan fingerprint density at radius 2 is 1.88 bits per heavy atom. The molecule has 2 amide bonds. The summed E-state index contributed by atoms with van der Waals surface area (Å²) in [5.74, 6) is 0.622. The van der Waals surface area contributed by atoms with Crippen LogP contribution >= 0.6 is 0 Å². The fourth-order valence-corrected chi connectivity index (χ4v) is 2.61. The number of nitrogens with one attached hydrogen (secondary N) is 2. The number of amides is 2. The molecule has 0 radical (unpaired) electrons. The van der Waals surface area contributed by atoms with Gasteiger partial charge in [0.25, 0.3) is 5.91 Å². The molecule has 0 saturated carbocycles. The third kappa shape index (κ3) is 4.94. The van der Waals surface area contributed by atoms with E-state index in [0.717, 1.165) is 25.9 Å². The number of hydrogen-bond acceptors (Lipinski definition) is 4. The number of hydrogen-bond donors (Lipinski definition) is 2. The number of aromatic nitrogens is 1. The van der Waals surface area contributed by atoms with Gasteiger partial charge in [-0.05, 0) is 31.4 Å². The maximum Gasteiger partial charge on any atom is 0.257 e. The zero-order valence-corrected chi connectivity index (χ0v) is 14.9. The first-order chi connectivity index (χ1) is 11.4. The van der Waals surface area contributed by atoms with E-state index in [1.807, 2.05) is 25.7 Å². The monoisotopic (exact) mass is 332 g/mol. The predicted molar refractivity (Wildman–Crippen MR) is 94.9 cm³/mol. The van der Waals surface area contributed by atoms with Gasteiger partial charge in [0.1, 0.15) is 5.82 Å². The molecule has 6 heteroatoms. The first-order valence-electron chi connectivity index (χ1n) is 8.66. The van der Waals surface area contributed by atoms with Gasteiger partial charge in [0.2, 0.25) is 5.91 Å². The van der Waals surface area contributed by atoms with Crippen LogP contribution < -0.4 is 10.6 Å². The van der Waals surface area contributed by atoms with Crippen molar-refractivity contribution in [1.82, 2.24) is 15.2 Å². The van der Waals surface area contributed by atoms with Crippen LogP contribution in [0.15, 0.2) is 18.3 Å². The Labute approximate surface area is 144 Å². The fourth-order valence-electron chi connectivity index (χ4n) is 2.61. The molecule has 2 N–H and O–H groups in total. The molecule has 1 fully saturated rings. The highest BCUT2D eigenvalue weighted by molar-refractivity contribution is 5.98. The van der Waals surface area contributed by atoms with Crippen molar-refractivity contribution in [2.45, 2.75) is 40.0 Å². The zero-order valence-electron chi connectivity index (χ0n) is 14.9. The van der Waals surface area contributed by atoms with E-state index >= 15 is 0 Å². The molecule has 2 heterocycles. The van der Waals surface area contributed by atoms with Crippen LogP contribution in [0.25, 0.3) is 0 Å². The minimum Gasteiger partial charge on any atom is -0.368 e. The normalized spacial score (nSPS) is 15.0. The van der Waals surface area contributed by atoms with Crippen LogP contribution in [0.4, 0.5) is 5.82 Å². The average Bonchev–Trinajstić information content (AvgIpc) is 2.58. The Morgan fingerprint density at radius 1 is 1.17 bits per heavy atom. The van der Waals surface area contributed by atoms with Crippen LogP contribution in [0.5, 0.6) is 0 Å². The Bertz CT molecular complexity index is 575. The molecule has 1 aromatic rings. The average molecular weight is 332 g/mol. The van der Waals surface area contributed by atoms with Crippen molar-refractivity contribution in [2.24, 2.45) is 5.41 Å². The summed E-state index contributed by atoms with van der Waals surface area (Å²) in [6.07, 6.45) is 4.99. The van der Waals surface area contributed by atoms with E-state index in [0.29, 0.717) is 24.5 Å². The lowest BCUT2D eigenvalue weighted by Crippen LogP contribution is -2.38. The van der Waals surface area contributed by atoms with E-state index in [-0.39, 0.29) is 11.8 Å². The first-order valence-corrected chi connectivity index (χ1v) is 8.66. The second-order valence-electron chi connectivity index (χ2n) is 7.19. The second-order valence-corrected chi connectivity index (χ2v) is 7.19. The third-order valence-corrected chi connectivity index (χ3v) is 4.07. The van der Waals surface area contributed by atoms with Gasteiger partial charge >= 0.3 is 0 Å². The highest BCUT2D eigenvalue weighted by atomic mass is 16.2. The van der Waals surface area contributed by atoms with Crippen molar-refractivity contribution in [3.8, 4) is 0 Å². The summed E-state index contributed by atoms with van der Waals surface area (Å²) in [4.78, 5) is 30.7. The minimum atomic E-state index is -0.402. The molecular weight excluding hydrogens is 304 g/mol. The van der Waals surface area contributed by atoms with E-state index in [2.05, 4.69) is 15.6 Å². The third-order valence-electron chi connectivity index (χ3n) is 4.07. The second kappa shape index (κ2) is 8.13. The van der Waals surface area contributed by atoms with Crippen LogP contribution in [0.3, 0.4) is 0 Å². The first kappa shape index (κ1) is 18.2. The quantitative estimate of drug-likeness (QED) is 0.811. The van der Waals surface area contributed by atoms with E-state index in [4.69, 9.17) is 0 Å². The molecule has 2 rings (SSSR count). The standard InChI is InChI=1S/C18H28N4O2/c1-18(2,3)17(24)21-11-10-20-15-14(8-7-9-19-15)16(23)22-12-5-4-6-13-22/h7-9H,4-6,10-13H2,1-3H3,(H,19,20)(H,21,24). The maximum atomic E-state index is 12.7. The molecule has 0 bridgehead atoms. The van der Waals surface area contributed by atoms with Crippen molar-refractivity contribution in [1.29, 1.82) is 0 Å². The van der Waals surface area contributed by atoms with E-state index in [9.17, 15) is 9.59 Å². The number of nitrogens with zero attached hydrogens (tertiary/aromatic N) is 2. The van der Waals surface area contributed by atoms with Crippen LogP contribution in [0.1, 0.15) is 50.4 Å². The Balaban J connectivity index is 1.91. The number of pyridine rings is 1. The van der Waals surface area contributed by atoms with Gasteiger partial charge in [0, 0.05) is 37.8 Å². The van der Waals surface area contributed by atoms with Crippen molar-refractivity contribution < 1.29 is 9.59 Å². The lowest BCUT2D eigenvalue weighted by molar-refractivity contribution is -0.128. The van der Waals surface area contributed by atoms with E-state index in [1.54, 1.807) is 18.3 Å². The van der Waals surface area contributed by atoms with Gasteiger partial charge in [-0.25, -0.2) is 4.98 Å². The summed E-state index contributed by atoms with van der Waals surface area (Å²) in [5.41, 5.74) is 0.196. The Kier molecular flexibility index (Phi) is 6.17. The van der Waals surface area contributed by atoms with Gasteiger partial charge in [0.05, 0.1) is 5.56 Å². The van der Waals surface area contributed by atoms with Crippen molar-refractivity contribution in [3.05, 3.63) is 23.9 Å². The highest BCUT2D eigenvalue weighted by Crippen LogP contribution is 2.18. The van der Waals surface area contributed by atoms with Crippen LogP contribution in [0, 0.1) is 5.41 Å². The van der Waals surface area contributed by atoms with Gasteiger partial charge in [-0.15, -0.1) is 0 Å². The van der Waals surface area contributed by atoms with Crippen LogP contribution in [0.2, 0.25) is 0 Å². The van der Waals surface area contributed by atoms with Gasteiger partial charge in [0.15, 0.2) is 0 Å². The summed E-state index contributed by atoms with van der Waals surface area (Å²) in [6.45, 7) is 8.28. The molecule has 0 aromatic carbocycles. The summed E-state index contributed by atoms with van der Waals surface area (Å²) >= 11 is 0. The molecule has 0 atom stereocenters. The molecule has 0 unspecified atom stereocenters. The zero-order chi connectivity index (χ0) is 17.6. The smallest absolute Gasteiger partial charge is 0.257 e. The summed E-state index contributed by atoms with van der Waals surface area (Å²) in [6, 6.07) is 3.59. The molecule has 132 valence electrons. The lowest BCUT2D eigenvalue weighted by Gasteiger charge is -2.27. The number of likely N-dealkylation sites (tertiary alicyclic amines) is 1. The topological polar surface area (TPSA) is 74.3 Å². The number of rotatable bonds is 5. The Morgan fingerprint density at radius 3 is 2.54 bits per heavy atom. The molecule has 1 aliphatic rings. The molecular formula is C18H28N4O2. The number of carbonyl (C=O) groups excluding carboxylic acids is 2. The van der Waals surface area contributed by atoms with Crippen LogP contribution in [-0.2, 0) is 4.79 Å². The molecule has 6 nitrogen and oxygen atoms in total. The number of anilines is 1.